The minimum atomic E-state index is 0.529. The van der Waals surface area contributed by atoms with Crippen LogP contribution in [0.2, 0.25) is 0 Å². The molecule has 102 valence electrons. The van der Waals surface area contributed by atoms with Crippen molar-refractivity contribution in [2.45, 2.75) is 45.7 Å². The van der Waals surface area contributed by atoms with Crippen molar-refractivity contribution < 1.29 is 9.47 Å². The average Bonchev–Trinajstić information content (AvgIpc) is 2.42. The lowest BCUT2D eigenvalue weighted by atomic mass is 10.1. The quantitative estimate of drug-likeness (QED) is 0.768. The molecule has 0 saturated carbocycles. The zero-order chi connectivity index (χ0) is 13.4. The van der Waals surface area contributed by atoms with Crippen LogP contribution < -0.4 is 14.8 Å². The Morgan fingerprint density at radius 3 is 2.61 bits per heavy atom. The summed E-state index contributed by atoms with van der Waals surface area (Å²) in [6.45, 7) is 5.26. The molecule has 1 aromatic carbocycles. The van der Waals surface area contributed by atoms with E-state index in [0.29, 0.717) is 6.04 Å². The van der Waals surface area contributed by atoms with Gasteiger partial charge < -0.3 is 14.8 Å². The van der Waals surface area contributed by atoms with Crippen molar-refractivity contribution >= 4 is 0 Å². The zero-order valence-electron chi connectivity index (χ0n) is 12.0. The molecule has 1 rings (SSSR count). The first-order chi connectivity index (χ1) is 8.71. The Morgan fingerprint density at radius 1 is 1.22 bits per heavy atom. The number of benzene rings is 1. The Kier molecular flexibility index (Phi) is 6.58. The van der Waals surface area contributed by atoms with Crippen molar-refractivity contribution in [2.75, 3.05) is 14.2 Å². The van der Waals surface area contributed by atoms with Crippen molar-refractivity contribution in [1.29, 1.82) is 0 Å². The number of ether oxygens (including phenoxy) is 2. The first kappa shape index (κ1) is 14.8. The van der Waals surface area contributed by atoms with Crippen molar-refractivity contribution in [2.24, 2.45) is 0 Å². The predicted molar refractivity (Wildman–Crippen MR) is 75.4 cm³/mol. The number of hydrogen-bond donors (Lipinski definition) is 1. The fourth-order valence-electron chi connectivity index (χ4n) is 1.92. The summed E-state index contributed by atoms with van der Waals surface area (Å²) in [5.41, 5.74) is 1.14. The van der Waals surface area contributed by atoms with Crippen LogP contribution in [0.4, 0.5) is 0 Å². The zero-order valence-corrected chi connectivity index (χ0v) is 12.0. The predicted octanol–water partition coefficient (Wildman–Crippen LogP) is 3.37. The van der Waals surface area contributed by atoms with Crippen molar-refractivity contribution in [3.63, 3.8) is 0 Å². The third-order valence-corrected chi connectivity index (χ3v) is 3.12. The van der Waals surface area contributed by atoms with Crippen LogP contribution in [0.15, 0.2) is 18.2 Å². The van der Waals surface area contributed by atoms with E-state index in [2.05, 4.69) is 19.2 Å². The molecule has 1 unspecified atom stereocenters. The molecule has 18 heavy (non-hydrogen) atoms. The molecule has 3 nitrogen and oxygen atoms in total. The third-order valence-electron chi connectivity index (χ3n) is 3.12. The molecule has 0 aliphatic carbocycles. The molecule has 0 spiro atoms. The van der Waals surface area contributed by atoms with Gasteiger partial charge in [0.25, 0.3) is 0 Å². The van der Waals surface area contributed by atoms with E-state index in [-0.39, 0.29) is 0 Å². The van der Waals surface area contributed by atoms with Gasteiger partial charge in [-0.15, -0.1) is 0 Å². The van der Waals surface area contributed by atoms with Gasteiger partial charge in [0, 0.05) is 18.2 Å². The molecule has 3 heteroatoms. The monoisotopic (exact) mass is 251 g/mol. The Bertz CT molecular complexity index is 352. The highest BCUT2D eigenvalue weighted by atomic mass is 16.5. The molecule has 1 N–H and O–H groups in total. The van der Waals surface area contributed by atoms with Crippen LogP contribution in [0, 0.1) is 0 Å². The Labute approximate surface area is 110 Å². The molecule has 0 fully saturated rings. The van der Waals surface area contributed by atoms with Crippen LogP contribution in [0.25, 0.3) is 0 Å². The Hall–Kier alpha value is -1.22. The summed E-state index contributed by atoms with van der Waals surface area (Å²) >= 11 is 0. The Balaban J connectivity index is 2.59. The molecule has 0 saturated heterocycles. The highest BCUT2D eigenvalue weighted by molar-refractivity contribution is 5.40. The summed E-state index contributed by atoms with van der Waals surface area (Å²) in [7, 11) is 3.38. The lowest BCUT2D eigenvalue weighted by Crippen LogP contribution is -2.25. The standard InChI is InChI=1S/C15H25NO2/c1-5-6-7-12(2)16-11-13-10-14(17-3)8-9-15(13)18-4/h8-10,12,16H,5-7,11H2,1-4H3. The Morgan fingerprint density at radius 2 is 2.00 bits per heavy atom. The third kappa shape index (κ3) is 4.57. The second-order valence-corrected chi connectivity index (χ2v) is 4.60. The maximum atomic E-state index is 5.36. The second kappa shape index (κ2) is 7.98. The van der Waals surface area contributed by atoms with Gasteiger partial charge in [-0.25, -0.2) is 0 Å². The topological polar surface area (TPSA) is 30.5 Å². The van der Waals surface area contributed by atoms with Gasteiger partial charge >= 0.3 is 0 Å². The highest BCUT2D eigenvalue weighted by Crippen LogP contribution is 2.23. The first-order valence-corrected chi connectivity index (χ1v) is 6.65. The number of methoxy groups -OCH3 is 2. The summed E-state index contributed by atoms with van der Waals surface area (Å²) in [4.78, 5) is 0. The van der Waals surface area contributed by atoms with Gasteiger partial charge in [0.1, 0.15) is 11.5 Å². The molecule has 0 bridgehead atoms. The van der Waals surface area contributed by atoms with Gasteiger partial charge in [0.05, 0.1) is 14.2 Å². The van der Waals surface area contributed by atoms with Crippen molar-refractivity contribution in [3.8, 4) is 11.5 Å². The summed E-state index contributed by atoms with van der Waals surface area (Å²) in [5.74, 6) is 1.78. The fraction of sp³-hybridized carbons (Fsp3) is 0.600. The van der Waals surface area contributed by atoms with E-state index in [0.717, 1.165) is 23.6 Å². The van der Waals surface area contributed by atoms with Crippen LogP contribution >= 0.6 is 0 Å². The van der Waals surface area contributed by atoms with Crippen LogP contribution in [0.3, 0.4) is 0 Å². The minimum Gasteiger partial charge on any atom is -0.497 e. The maximum Gasteiger partial charge on any atom is 0.123 e. The van der Waals surface area contributed by atoms with E-state index in [9.17, 15) is 0 Å². The van der Waals surface area contributed by atoms with E-state index in [4.69, 9.17) is 9.47 Å². The molecular formula is C15H25NO2. The first-order valence-electron chi connectivity index (χ1n) is 6.65. The molecule has 0 aliphatic heterocycles. The van der Waals surface area contributed by atoms with Gasteiger partial charge in [0.15, 0.2) is 0 Å². The summed E-state index contributed by atoms with van der Waals surface area (Å²) in [5, 5.41) is 3.52. The average molecular weight is 251 g/mol. The van der Waals surface area contributed by atoms with E-state index in [1.165, 1.54) is 19.3 Å². The maximum absolute atomic E-state index is 5.36. The number of rotatable bonds is 8. The molecule has 0 radical (unpaired) electrons. The van der Waals surface area contributed by atoms with E-state index in [1.807, 2.05) is 18.2 Å². The normalized spacial score (nSPS) is 12.2. The molecule has 0 aromatic heterocycles. The number of hydrogen-bond acceptors (Lipinski definition) is 3. The minimum absolute atomic E-state index is 0.529. The van der Waals surface area contributed by atoms with Crippen molar-refractivity contribution in [1.82, 2.24) is 5.32 Å². The van der Waals surface area contributed by atoms with Crippen LogP contribution in [-0.2, 0) is 6.54 Å². The smallest absolute Gasteiger partial charge is 0.123 e. The largest absolute Gasteiger partial charge is 0.497 e. The van der Waals surface area contributed by atoms with Gasteiger partial charge in [-0.1, -0.05) is 19.8 Å². The van der Waals surface area contributed by atoms with E-state index in [1.54, 1.807) is 14.2 Å². The van der Waals surface area contributed by atoms with E-state index >= 15 is 0 Å². The van der Waals surface area contributed by atoms with Gasteiger partial charge in [-0.05, 0) is 31.5 Å². The molecule has 1 atom stereocenters. The van der Waals surface area contributed by atoms with Gasteiger partial charge in [-0.3, -0.25) is 0 Å². The summed E-state index contributed by atoms with van der Waals surface area (Å²) < 4.78 is 10.6. The molecule has 0 heterocycles. The summed E-state index contributed by atoms with van der Waals surface area (Å²) in [6, 6.07) is 6.43. The molecule has 1 aromatic rings. The van der Waals surface area contributed by atoms with Crippen LogP contribution in [0.5, 0.6) is 11.5 Å². The summed E-state index contributed by atoms with van der Waals surface area (Å²) in [6.07, 6.45) is 3.72. The SMILES string of the molecule is CCCCC(C)NCc1cc(OC)ccc1OC. The highest BCUT2D eigenvalue weighted by Gasteiger charge is 2.07. The molecular weight excluding hydrogens is 226 g/mol. The second-order valence-electron chi connectivity index (χ2n) is 4.60. The van der Waals surface area contributed by atoms with Crippen molar-refractivity contribution in [3.05, 3.63) is 23.8 Å². The molecule has 0 amide bonds. The van der Waals surface area contributed by atoms with Crippen LogP contribution in [0.1, 0.15) is 38.7 Å². The fourth-order valence-corrected chi connectivity index (χ4v) is 1.92. The van der Waals surface area contributed by atoms with Crippen LogP contribution in [-0.4, -0.2) is 20.3 Å². The van der Waals surface area contributed by atoms with E-state index < -0.39 is 0 Å². The number of nitrogens with one attached hydrogen (secondary N) is 1. The lowest BCUT2D eigenvalue weighted by molar-refractivity contribution is 0.394. The lowest BCUT2D eigenvalue weighted by Gasteiger charge is -2.15. The molecule has 0 aliphatic rings. The number of unbranched alkanes of at least 4 members (excludes halogenated alkanes) is 1. The van der Waals surface area contributed by atoms with Gasteiger partial charge in [-0.2, -0.15) is 0 Å². The van der Waals surface area contributed by atoms with Gasteiger partial charge in [0.2, 0.25) is 0 Å².